The van der Waals surface area contributed by atoms with Gasteiger partial charge >= 0.3 is 0 Å². The number of amides is 1. The van der Waals surface area contributed by atoms with Crippen LogP contribution in [0, 0.1) is 10.8 Å². The summed E-state index contributed by atoms with van der Waals surface area (Å²) in [5.41, 5.74) is 0.399. The Labute approximate surface area is 98.6 Å². The number of nitrogens with one attached hydrogen (secondary N) is 1. The maximum Gasteiger partial charge on any atom is 0.265 e. The van der Waals surface area contributed by atoms with Gasteiger partial charge in [0.25, 0.3) is 5.91 Å². The van der Waals surface area contributed by atoms with Crippen molar-refractivity contribution in [3.05, 3.63) is 0 Å². The third-order valence-electron chi connectivity index (χ3n) is 2.20. The van der Waals surface area contributed by atoms with Gasteiger partial charge in [0.2, 0.25) is 0 Å². The van der Waals surface area contributed by atoms with Crippen molar-refractivity contribution in [1.82, 2.24) is 5.43 Å². The lowest BCUT2D eigenvalue weighted by atomic mass is 9.73. The van der Waals surface area contributed by atoms with E-state index in [1.165, 1.54) is 0 Å². The standard InChI is InChI=1S/C12H26N2O2/c1-10(2,3)7-12(16,9(15)14-13)8-11(4,5)6/h16H,7-8,13H2,1-6H3,(H,14,15). The summed E-state index contributed by atoms with van der Waals surface area (Å²) in [7, 11) is 0. The van der Waals surface area contributed by atoms with Crippen molar-refractivity contribution in [3.63, 3.8) is 0 Å². The van der Waals surface area contributed by atoms with Crippen LogP contribution in [0.15, 0.2) is 0 Å². The summed E-state index contributed by atoms with van der Waals surface area (Å²) in [4.78, 5) is 11.7. The highest BCUT2D eigenvalue weighted by atomic mass is 16.3. The van der Waals surface area contributed by atoms with Crippen LogP contribution in [-0.2, 0) is 4.79 Å². The van der Waals surface area contributed by atoms with Gasteiger partial charge in [0.15, 0.2) is 0 Å². The minimum Gasteiger partial charge on any atom is -0.380 e. The van der Waals surface area contributed by atoms with Gasteiger partial charge in [0.05, 0.1) is 0 Å². The molecule has 0 unspecified atom stereocenters. The first kappa shape index (κ1) is 15.4. The molecule has 0 aromatic heterocycles. The van der Waals surface area contributed by atoms with Gasteiger partial charge in [0, 0.05) is 0 Å². The van der Waals surface area contributed by atoms with Crippen LogP contribution < -0.4 is 11.3 Å². The summed E-state index contributed by atoms with van der Waals surface area (Å²) < 4.78 is 0. The van der Waals surface area contributed by atoms with Crippen molar-refractivity contribution in [2.45, 2.75) is 60.0 Å². The first-order chi connectivity index (χ1) is 6.90. The lowest BCUT2D eigenvalue weighted by molar-refractivity contribution is -0.146. The molecule has 0 bridgehead atoms. The molecule has 0 heterocycles. The van der Waals surface area contributed by atoms with Gasteiger partial charge in [-0.3, -0.25) is 10.2 Å². The summed E-state index contributed by atoms with van der Waals surface area (Å²) in [6.07, 6.45) is 0.778. The third-order valence-corrected chi connectivity index (χ3v) is 2.20. The third kappa shape index (κ3) is 5.47. The lowest BCUT2D eigenvalue weighted by Crippen LogP contribution is -2.53. The van der Waals surface area contributed by atoms with E-state index >= 15 is 0 Å². The Kier molecular flexibility index (Phi) is 4.54. The first-order valence-electron chi connectivity index (χ1n) is 5.63. The van der Waals surface area contributed by atoms with Crippen molar-refractivity contribution in [2.75, 3.05) is 0 Å². The van der Waals surface area contributed by atoms with Gasteiger partial charge in [-0.2, -0.15) is 0 Å². The molecule has 0 saturated carbocycles. The number of rotatable bonds is 3. The number of hydrogen-bond acceptors (Lipinski definition) is 3. The molecule has 0 aromatic carbocycles. The van der Waals surface area contributed by atoms with Crippen LogP contribution in [0.3, 0.4) is 0 Å². The van der Waals surface area contributed by atoms with E-state index < -0.39 is 11.5 Å². The van der Waals surface area contributed by atoms with Crippen LogP contribution >= 0.6 is 0 Å². The van der Waals surface area contributed by atoms with Crippen molar-refractivity contribution in [1.29, 1.82) is 0 Å². The lowest BCUT2D eigenvalue weighted by Gasteiger charge is -2.36. The number of aliphatic hydroxyl groups is 1. The minimum atomic E-state index is -1.40. The van der Waals surface area contributed by atoms with E-state index in [-0.39, 0.29) is 10.8 Å². The Bertz CT molecular complexity index is 233. The molecule has 96 valence electrons. The molecule has 0 aliphatic heterocycles. The molecular formula is C12H26N2O2. The monoisotopic (exact) mass is 230 g/mol. The van der Waals surface area contributed by atoms with Gasteiger partial charge in [-0.15, -0.1) is 0 Å². The summed E-state index contributed by atoms with van der Waals surface area (Å²) in [6.45, 7) is 11.9. The van der Waals surface area contributed by atoms with Gasteiger partial charge in [-0.25, -0.2) is 5.84 Å². The number of hydrogen-bond donors (Lipinski definition) is 3. The SMILES string of the molecule is CC(C)(C)CC(O)(CC(C)(C)C)C(=O)NN. The Hall–Kier alpha value is -0.610. The van der Waals surface area contributed by atoms with Gasteiger partial charge in [0.1, 0.15) is 5.60 Å². The predicted octanol–water partition coefficient (Wildman–Crippen LogP) is 1.58. The summed E-state index contributed by atoms with van der Waals surface area (Å²) in [5.74, 6) is 4.63. The molecule has 0 rings (SSSR count). The second-order valence-corrected chi connectivity index (χ2v) is 6.98. The van der Waals surface area contributed by atoms with Crippen molar-refractivity contribution in [2.24, 2.45) is 16.7 Å². The Balaban J connectivity index is 4.97. The normalized spacial score (nSPS) is 13.8. The van der Waals surface area contributed by atoms with E-state index in [0.29, 0.717) is 12.8 Å². The van der Waals surface area contributed by atoms with E-state index in [0.717, 1.165) is 0 Å². The molecule has 0 radical (unpaired) electrons. The highest BCUT2D eigenvalue weighted by Gasteiger charge is 2.42. The summed E-state index contributed by atoms with van der Waals surface area (Å²) in [5, 5.41) is 10.5. The Morgan fingerprint density at radius 2 is 1.38 bits per heavy atom. The Morgan fingerprint density at radius 3 is 1.56 bits per heavy atom. The van der Waals surface area contributed by atoms with E-state index in [4.69, 9.17) is 5.84 Å². The van der Waals surface area contributed by atoms with Crippen molar-refractivity contribution >= 4 is 5.91 Å². The topological polar surface area (TPSA) is 75.3 Å². The maximum absolute atomic E-state index is 11.7. The molecule has 0 atom stereocenters. The summed E-state index contributed by atoms with van der Waals surface area (Å²) in [6, 6.07) is 0. The molecule has 16 heavy (non-hydrogen) atoms. The fourth-order valence-corrected chi connectivity index (χ4v) is 2.11. The molecule has 1 amide bonds. The highest BCUT2D eigenvalue weighted by molar-refractivity contribution is 5.84. The zero-order chi connectivity index (χ0) is 13.2. The molecule has 0 aromatic rings. The molecule has 0 saturated heterocycles. The average Bonchev–Trinajstić information content (AvgIpc) is 1.95. The largest absolute Gasteiger partial charge is 0.380 e. The van der Waals surface area contributed by atoms with Gasteiger partial charge in [-0.1, -0.05) is 41.5 Å². The fraction of sp³-hybridized carbons (Fsp3) is 0.917. The number of nitrogens with two attached hydrogens (primary N) is 1. The van der Waals surface area contributed by atoms with Crippen LogP contribution in [0.2, 0.25) is 0 Å². The number of carbonyl (C=O) groups is 1. The molecule has 4 heteroatoms. The predicted molar refractivity (Wildman–Crippen MR) is 65.4 cm³/mol. The highest BCUT2D eigenvalue weighted by Crippen LogP contribution is 2.35. The van der Waals surface area contributed by atoms with Crippen LogP contribution in [0.1, 0.15) is 54.4 Å². The van der Waals surface area contributed by atoms with Crippen molar-refractivity contribution < 1.29 is 9.90 Å². The molecule has 0 fully saturated rings. The van der Waals surface area contributed by atoms with Crippen LogP contribution in [-0.4, -0.2) is 16.6 Å². The number of carbonyl (C=O) groups excluding carboxylic acids is 1. The van der Waals surface area contributed by atoms with E-state index in [9.17, 15) is 9.90 Å². The second-order valence-electron chi connectivity index (χ2n) is 6.98. The Morgan fingerprint density at radius 1 is 1.06 bits per heavy atom. The summed E-state index contributed by atoms with van der Waals surface area (Å²) >= 11 is 0. The van der Waals surface area contributed by atoms with Gasteiger partial charge in [-0.05, 0) is 23.7 Å². The van der Waals surface area contributed by atoms with Gasteiger partial charge < -0.3 is 5.11 Å². The quantitative estimate of drug-likeness (QED) is 0.391. The zero-order valence-corrected chi connectivity index (χ0v) is 11.3. The molecule has 0 aliphatic rings. The first-order valence-corrected chi connectivity index (χ1v) is 5.63. The molecule has 0 spiro atoms. The van der Waals surface area contributed by atoms with E-state index in [2.05, 4.69) is 5.43 Å². The molecule has 4 N–H and O–H groups in total. The van der Waals surface area contributed by atoms with Crippen LogP contribution in [0.4, 0.5) is 0 Å². The maximum atomic E-state index is 11.7. The molecular weight excluding hydrogens is 204 g/mol. The smallest absolute Gasteiger partial charge is 0.265 e. The molecule has 4 nitrogen and oxygen atoms in total. The van der Waals surface area contributed by atoms with E-state index in [1.807, 2.05) is 41.5 Å². The fourth-order valence-electron chi connectivity index (χ4n) is 2.11. The second kappa shape index (κ2) is 4.72. The van der Waals surface area contributed by atoms with Crippen LogP contribution in [0.25, 0.3) is 0 Å². The van der Waals surface area contributed by atoms with Crippen molar-refractivity contribution in [3.8, 4) is 0 Å². The average molecular weight is 230 g/mol. The zero-order valence-electron chi connectivity index (χ0n) is 11.3. The van der Waals surface area contributed by atoms with E-state index in [1.54, 1.807) is 0 Å². The number of hydrazine groups is 1. The molecule has 0 aliphatic carbocycles. The minimum absolute atomic E-state index is 0.132. The van der Waals surface area contributed by atoms with Crippen LogP contribution in [0.5, 0.6) is 0 Å².